The van der Waals surface area contributed by atoms with Crippen LogP contribution in [0.15, 0.2) is 24.3 Å². The average molecular weight is 298 g/mol. The smallest absolute Gasteiger partial charge is 0.328 e. The predicted molar refractivity (Wildman–Crippen MR) is 79.0 cm³/mol. The highest BCUT2D eigenvalue weighted by molar-refractivity contribution is 6.33. The fraction of sp³-hybridized carbons (Fsp3) is 0.533. The lowest BCUT2D eigenvalue weighted by Crippen LogP contribution is -2.41. The van der Waals surface area contributed by atoms with E-state index in [0.29, 0.717) is 24.8 Å². The summed E-state index contributed by atoms with van der Waals surface area (Å²) in [4.78, 5) is 12.2. The molecule has 0 radical (unpaired) electrons. The van der Waals surface area contributed by atoms with Crippen LogP contribution in [0.2, 0.25) is 5.02 Å². The molecular weight excluding hydrogens is 278 g/mol. The third-order valence-corrected chi connectivity index (χ3v) is 3.79. The van der Waals surface area contributed by atoms with Crippen LogP contribution in [-0.2, 0) is 14.3 Å². The number of para-hydroxylation sites is 1. The van der Waals surface area contributed by atoms with E-state index in [2.05, 4.69) is 5.32 Å². The van der Waals surface area contributed by atoms with E-state index in [0.717, 1.165) is 18.5 Å². The Morgan fingerprint density at radius 3 is 2.80 bits per heavy atom. The van der Waals surface area contributed by atoms with Gasteiger partial charge in [0.25, 0.3) is 0 Å². The summed E-state index contributed by atoms with van der Waals surface area (Å²) in [6.07, 6.45) is 1.70. The maximum absolute atomic E-state index is 12.2. The van der Waals surface area contributed by atoms with Gasteiger partial charge in [-0.25, -0.2) is 4.79 Å². The lowest BCUT2D eigenvalue weighted by molar-refractivity contribution is -0.146. The molecule has 0 bridgehead atoms. The van der Waals surface area contributed by atoms with Crippen LogP contribution in [-0.4, -0.2) is 31.8 Å². The third kappa shape index (κ3) is 3.87. The average Bonchev–Trinajstić information content (AvgIpc) is 2.47. The molecule has 110 valence electrons. The minimum absolute atomic E-state index is 0.207. The maximum atomic E-state index is 12.2. The van der Waals surface area contributed by atoms with Gasteiger partial charge in [0.05, 0.1) is 17.3 Å². The van der Waals surface area contributed by atoms with E-state index in [9.17, 15) is 4.79 Å². The number of hydrogen-bond acceptors (Lipinski definition) is 4. The molecule has 1 heterocycles. The number of nitrogens with one attached hydrogen (secondary N) is 1. The first kappa shape index (κ1) is 15.1. The highest BCUT2D eigenvalue weighted by Crippen LogP contribution is 2.27. The van der Waals surface area contributed by atoms with Crippen LogP contribution >= 0.6 is 11.6 Å². The van der Waals surface area contributed by atoms with Crippen LogP contribution in [0.3, 0.4) is 0 Å². The Bertz CT molecular complexity index is 446. The number of benzene rings is 1. The van der Waals surface area contributed by atoms with Crippen molar-refractivity contribution in [2.45, 2.75) is 25.8 Å². The van der Waals surface area contributed by atoms with Gasteiger partial charge in [0.15, 0.2) is 0 Å². The van der Waals surface area contributed by atoms with Crippen LogP contribution < -0.4 is 5.32 Å². The molecule has 2 rings (SSSR count). The Hall–Kier alpha value is -1.26. The van der Waals surface area contributed by atoms with Crippen LogP contribution in [0.4, 0.5) is 5.69 Å². The Balaban J connectivity index is 2.13. The number of rotatable bonds is 5. The number of halogens is 1. The lowest BCUT2D eigenvalue weighted by atomic mass is 9.91. The van der Waals surface area contributed by atoms with Gasteiger partial charge >= 0.3 is 5.97 Å². The van der Waals surface area contributed by atoms with Crippen molar-refractivity contribution in [2.24, 2.45) is 5.92 Å². The van der Waals surface area contributed by atoms with Crippen molar-refractivity contribution >= 4 is 23.3 Å². The molecule has 1 aliphatic heterocycles. The minimum atomic E-state index is -0.376. The van der Waals surface area contributed by atoms with E-state index in [1.54, 1.807) is 6.07 Å². The zero-order valence-corrected chi connectivity index (χ0v) is 12.4. The quantitative estimate of drug-likeness (QED) is 0.848. The van der Waals surface area contributed by atoms with E-state index in [1.807, 2.05) is 25.1 Å². The first-order chi connectivity index (χ1) is 9.72. The zero-order chi connectivity index (χ0) is 14.4. The predicted octanol–water partition coefficient (Wildman–Crippen LogP) is 3.11. The SMILES string of the molecule is CCOC(=O)C(Nc1ccccc1Cl)C1CCOCC1. The molecule has 1 aromatic rings. The molecule has 0 aromatic heterocycles. The second kappa shape index (κ2) is 7.50. The standard InChI is InChI=1S/C15H20ClNO3/c1-2-20-15(18)14(11-7-9-19-10-8-11)17-13-6-4-3-5-12(13)16/h3-6,11,14,17H,2,7-10H2,1H3. The van der Waals surface area contributed by atoms with Gasteiger partial charge in [-0.2, -0.15) is 0 Å². The fourth-order valence-corrected chi connectivity index (χ4v) is 2.59. The molecule has 1 saturated heterocycles. The summed E-state index contributed by atoms with van der Waals surface area (Å²) in [7, 11) is 0. The Morgan fingerprint density at radius 2 is 2.15 bits per heavy atom. The first-order valence-corrected chi connectivity index (χ1v) is 7.35. The number of hydrogen-bond donors (Lipinski definition) is 1. The molecule has 0 saturated carbocycles. The zero-order valence-electron chi connectivity index (χ0n) is 11.6. The van der Waals surface area contributed by atoms with Gasteiger partial charge in [0.2, 0.25) is 0 Å². The summed E-state index contributed by atoms with van der Waals surface area (Å²) in [6.45, 7) is 3.56. The summed E-state index contributed by atoms with van der Waals surface area (Å²) < 4.78 is 10.5. The summed E-state index contributed by atoms with van der Waals surface area (Å²) in [5, 5.41) is 3.84. The summed E-state index contributed by atoms with van der Waals surface area (Å²) >= 11 is 6.15. The second-order valence-corrected chi connectivity index (χ2v) is 5.21. The second-order valence-electron chi connectivity index (χ2n) is 4.80. The molecule has 1 unspecified atom stereocenters. The summed E-state index contributed by atoms with van der Waals surface area (Å²) in [6, 6.07) is 7.05. The Labute approximate surface area is 124 Å². The largest absolute Gasteiger partial charge is 0.464 e. The molecule has 1 atom stereocenters. The Kier molecular flexibility index (Phi) is 5.68. The lowest BCUT2D eigenvalue weighted by Gasteiger charge is -2.30. The van der Waals surface area contributed by atoms with Crippen molar-refractivity contribution < 1.29 is 14.3 Å². The van der Waals surface area contributed by atoms with Gasteiger partial charge in [0, 0.05) is 13.2 Å². The molecule has 0 spiro atoms. The van der Waals surface area contributed by atoms with E-state index >= 15 is 0 Å². The van der Waals surface area contributed by atoms with Gasteiger partial charge in [-0.15, -0.1) is 0 Å². The third-order valence-electron chi connectivity index (χ3n) is 3.46. The van der Waals surface area contributed by atoms with Gasteiger partial charge in [-0.1, -0.05) is 23.7 Å². The Morgan fingerprint density at radius 1 is 1.45 bits per heavy atom. The molecule has 1 fully saturated rings. The molecule has 20 heavy (non-hydrogen) atoms. The van der Waals surface area contributed by atoms with Crippen molar-refractivity contribution in [3.8, 4) is 0 Å². The molecule has 0 amide bonds. The van der Waals surface area contributed by atoms with E-state index in [-0.39, 0.29) is 17.9 Å². The highest BCUT2D eigenvalue weighted by atomic mass is 35.5. The van der Waals surface area contributed by atoms with E-state index in [4.69, 9.17) is 21.1 Å². The van der Waals surface area contributed by atoms with Gasteiger partial charge in [-0.3, -0.25) is 0 Å². The topological polar surface area (TPSA) is 47.6 Å². The van der Waals surface area contributed by atoms with Crippen LogP contribution in [0.5, 0.6) is 0 Å². The van der Waals surface area contributed by atoms with Crippen molar-refractivity contribution in [3.05, 3.63) is 29.3 Å². The number of esters is 1. The van der Waals surface area contributed by atoms with E-state index in [1.165, 1.54) is 0 Å². The van der Waals surface area contributed by atoms with Gasteiger partial charge in [0.1, 0.15) is 6.04 Å². The molecule has 1 aromatic carbocycles. The van der Waals surface area contributed by atoms with Crippen molar-refractivity contribution in [1.82, 2.24) is 0 Å². The minimum Gasteiger partial charge on any atom is -0.464 e. The van der Waals surface area contributed by atoms with Crippen molar-refractivity contribution in [1.29, 1.82) is 0 Å². The first-order valence-electron chi connectivity index (χ1n) is 6.97. The molecule has 5 heteroatoms. The molecule has 1 aliphatic rings. The number of carbonyl (C=O) groups is 1. The van der Waals surface area contributed by atoms with Gasteiger partial charge in [-0.05, 0) is 37.8 Å². The number of anilines is 1. The van der Waals surface area contributed by atoms with Crippen molar-refractivity contribution in [2.75, 3.05) is 25.1 Å². The maximum Gasteiger partial charge on any atom is 0.328 e. The number of carbonyl (C=O) groups excluding carboxylic acids is 1. The summed E-state index contributed by atoms with van der Waals surface area (Å²) in [5.74, 6) is -0.0154. The van der Waals surface area contributed by atoms with Crippen molar-refractivity contribution in [3.63, 3.8) is 0 Å². The normalized spacial score (nSPS) is 17.5. The van der Waals surface area contributed by atoms with Gasteiger partial charge < -0.3 is 14.8 Å². The monoisotopic (exact) mass is 297 g/mol. The molecule has 0 aliphatic carbocycles. The van der Waals surface area contributed by atoms with Crippen LogP contribution in [0, 0.1) is 5.92 Å². The molecule has 4 nitrogen and oxygen atoms in total. The van der Waals surface area contributed by atoms with Crippen LogP contribution in [0.25, 0.3) is 0 Å². The molecule has 1 N–H and O–H groups in total. The highest BCUT2D eigenvalue weighted by Gasteiger charge is 2.31. The van der Waals surface area contributed by atoms with Crippen LogP contribution in [0.1, 0.15) is 19.8 Å². The molecular formula is C15H20ClNO3. The number of ether oxygens (including phenoxy) is 2. The fourth-order valence-electron chi connectivity index (χ4n) is 2.40. The summed E-state index contributed by atoms with van der Waals surface area (Å²) in [5.41, 5.74) is 0.763. The van der Waals surface area contributed by atoms with E-state index < -0.39 is 0 Å².